The van der Waals surface area contributed by atoms with E-state index in [1.807, 2.05) is 0 Å². The van der Waals surface area contributed by atoms with E-state index in [4.69, 9.17) is 21.1 Å². The second-order valence-electron chi connectivity index (χ2n) is 7.10. The number of carbonyl (C=O) groups is 2. The number of ether oxygens (including phenoxy) is 2. The summed E-state index contributed by atoms with van der Waals surface area (Å²) in [6, 6.07) is 11.1. The minimum absolute atomic E-state index is 0.0971. The summed E-state index contributed by atoms with van der Waals surface area (Å²) in [4.78, 5) is 41.0. The van der Waals surface area contributed by atoms with Crippen LogP contribution in [0.15, 0.2) is 59.6 Å². The molecule has 0 bridgehead atoms. The van der Waals surface area contributed by atoms with Crippen molar-refractivity contribution in [3.63, 3.8) is 0 Å². The zero-order valence-corrected chi connectivity index (χ0v) is 19.5. The molecular formula is C23H15ClFN3O6S. The van der Waals surface area contributed by atoms with Crippen molar-refractivity contribution in [3.05, 3.63) is 91.7 Å². The molecule has 2 aromatic carbocycles. The Labute approximate surface area is 207 Å². The van der Waals surface area contributed by atoms with E-state index in [2.05, 4.69) is 4.98 Å². The largest absolute Gasteiger partial charge is 0.493 e. The third-order valence-corrected chi connectivity index (χ3v) is 6.12. The molecule has 4 rings (SSSR count). The van der Waals surface area contributed by atoms with Crippen LogP contribution in [0.2, 0.25) is 5.02 Å². The van der Waals surface area contributed by atoms with Gasteiger partial charge in [0.1, 0.15) is 5.82 Å². The number of carbonyl (C=O) groups excluding carboxylic acids is 2. The van der Waals surface area contributed by atoms with Gasteiger partial charge in [0.05, 0.1) is 23.5 Å². The van der Waals surface area contributed by atoms with Gasteiger partial charge in [-0.2, -0.15) is 0 Å². The van der Waals surface area contributed by atoms with Crippen molar-refractivity contribution in [2.24, 2.45) is 0 Å². The Morgan fingerprint density at radius 3 is 2.71 bits per heavy atom. The maximum Gasteiger partial charge on any atom is 0.331 e. The molecule has 0 saturated carbocycles. The molecule has 2 heterocycles. The number of benzene rings is 2. The Bertz CT molecular complexity index is 1380. The van der Waals surface area contributed by atoms with Gasteiger partial charge in [0, 0.05) is 17.3 Å². The number of amides is 2. The maximum absolute atomic E-state index is 13.3. The van der Waals surface area contributed by atoms with Crippen LogP contribution < -0.4 is 9.47 Å². The van der Waals surface area contributed by atoms with E-state index in [1.54, 1.807) is 12.1 Å². The van der Waals surface area contributed by atoms with E-state index >= 15 is 0 Å². The van der Waals surface area contributed by atoms with Crippen LogP contribution in [0, 0.1) is 15.9 Å². The molecule has 1 saturated heterocycles. The standard InChI is InChI=1S/C23H15ClFN3O6S/c1-33-19-9-13(4-7-18(19)34-21-17(28(31)32)3-2-8-26-21)10-20-22(29)27(23(30)35-20)12-14-5-6-15(25)11-16(14)24/h2-11H,12H2,1H3/b20-10+. The molecule has 0 spiro atoms. The molecule has 0 aliphatic carbocycles. The highest BCUT2D eigenvalue weighted by molar-refractivity contribution is 8.18. The number of nitrogens with zero attached hydrogens (tertiary/aromatic N) is 3. The molecule has 35 heavy (non-hydrogen) atoms. The van der Waals surface area contributed by atoms with E-state index in [9.17, 15) is 24.1 Å². The first-order valence-corrected chi connectivity index (χ1v) is 11.1. The average molecular weight is 516 g/mol. The minimum Gasteiger partial charge on any atom is -0.493 e. The number of halogens is 2. The van der Waals surface area contributed by atoms with Gasteiger partial charge in [-0.25, -0.2) is 9.37 Å². The van der Waals surface area contributed by atoms with Crippen LogP contribution in [0.5, 0.6) is 17.4 Å². The fraction of sp³-hybridized carbons (Fsp3) is 0.0870. The maximum atomic E-state index is 13.3. The predicted octanol–water partition coefficient (Wildman–Crippen LogP) is 5.82. The number of thioether (sulfide) groups is 1. The number of rotatable bonds is 7. The van der Waals surface area contributed by atoms with Gasteiger partial charge in [-0.15, -0.1) is 0 Å². The second kappa shape index (κ2) is 10.1. The normalized spacial score (nSPS) is 14.5. The SMILES string of the molecule is COc1cc(/C=C2/SC(=O)N(Cc3ccc(F)cc3Cl)C2=O)ccc1Oc1ncccc1[N+](=O)[O-]. The fourth-order valence-electron chi connectivity index (χ4n) is 3.17. The Morgan fingerprint density at radius 2 is 2.00 bits per heavy atom. The molecule has 3 aromatic rings. The molecule has 1 fully saturated rings. The highest BCUT2D eigenvalue weighted by Gasteiger charge is 2.35. The van der Waals surface area contributed by atoms with Gasteiger partial charge in [0.25, 0.3) is 17.0 Å². The van der Waals surface area contributed by atoms with Crippen LogP contribution in [-0.4, -0.2) is 33.1 Å². The van der Waals surface area contributed by atoms with Gasteiger partial charge in [-0.3, -0.25) is 24.6 Å². The van der Waals surface area contributed by atoms with Crippen LogP contribution in [-0.2, 0) is 11.3 Å². The highest BCUT2D eigenvalue weighted by Crippen LogP contribution is 2.38. The number of hydrogen-bond acceptors (Lipinski definition) is 8. The van der Waals surface area contributed by atoms with Crippen LogP contribution in [0.3, 0.4) is 0 Å². The van der Waals surface area contributed by atoms with Crippen molar-refractivity contribution >= 4 is 46.3 Å². The topological polar surface area (TPSA) is 112 Å². The van der Waals surface area contributed by atoms with Crippen LogP contribution in [0.4, 0.5) is 14.9 Å². The molecule has 12 heteroatoms. The number of methoxy groups -OCH3 is 1. The van der Waals surface area contributed by atoms with E-state index in [0.717, 1.165) is 22.7 Å². The first-order chi connectivity index (χ1) is 16.8. The summed E-state index contributed by atoms with van der Waals surface area (Å²) in [5, 5.41) is 10.8. The monoisotopic (exact) mass is 515 g/mol. The summed E-state index contributed by atoms with van der Waals surface area (Å²) in [5.74, 6) is -0.846. The van der Waals surface area contributed by atoms with Gasteiger partial charge < -0.3 is 9.47 Å². The third-order valence-electron chi connectivity index (χ3n) is 4.86. The minimum atomic E-state index is -0.613. The van der Waals surface area contributed by atoms with E-state index in [-0.39, 0.29) is 39.5 Å². The number of aromatic nitrogens is 1. The lowest BCUT2D eigenvalue weighted by Gasteiger charge is -2.13. The number of imide groups is 1. The van der Waals surface area contributed by atoms with Gasteiger partial charge >= 0.3 is 5.69 Å². The number of pyridine rings is 1. The van der Waals surface area contributed by atoms with Crippen molar-refractivity contribution in [1.29, 1.82) is 0 Å². The summed E-state index contributed by atoms with van der Waals surface area (Å²) in [5.41, 5.74) is 0.645. The van der Waals surface area contributed by atoms with Crippen molar-refractivity contribution in [1.82, 2.24) is 9.88 Å². The van der Waals surface area contributed by atoms with Crippen molar-refractivity contribution in [3.8, 4) is 17.4 Å². The van der Waals surface area contributed by atoms with E-state index in [0.29, 0.717) is 11.1 Å². The fourth-order valence-corrected chi connectivity index (χ4v) is 4.24. The number of nitro groups is 1. The van der Waals surface area contributed by atoms with Gasteiger partial charge in [-0.1, -0.05) is 23.7 Å². The third kappa shape index (κ3) is 5.26. The molecule has 1 aromatic heterocycles. The van der Waals surface area contributed by atoms with Gasteiger partial charge in [0.2, 0.25) is 0 Å². The molecule has 0 unspecified atom stereocenters. The van der Waals surface area contributed by atoms with Crippen LogP contribution in [0.1, 0.15) is 11.1 Å². The molecule has 0 radical (unpaired) electrons. The van der Waals surface area contributed by atoms with Gasteiger partial charge in [0.15, 0.2) is 11.5 Å². The molecule has 0 N–H and O–H groups in total. The molecule has 1 aliphatic heterocycles. The zero-order chi connectivity index (χ0) is 25.1. The lowest BCUT2D eigenvalue weighted by Crippen LogP contribution is -2.27. The van der Waals surface area contributed by atoms with Crippen molar-refractivity contribution in [2.45, 2.75) is 6.54 Å². The lowest BCUT2D eigenvalue weighted by molar-refractivity contribution is -0.386. The summed E-state index contributed by atoms with van der Waals surface area (Å²) < 4.78 is 24.2. The first-order valence-electron chi connectivity index (χ1n) is 9.91. The summed E-state index contributed by atoms with van der Waals surface area (Å²) in [6.45, 7) is -0.0971. The molecular weight excluding hydrogens is 501 g/mol. The highest BCUT2D eigenvalue weighted by atomic mass is 35.5. The number of hydrogen-bond donors (Lipinski definition) is 0. The molecule has 1 aliphatic rings. The van der Waals surface area contributed by atoms with Crippen molar-refractivity contribution in [2.75, 3.05) is 7.11 Å². The van der Waals surface area contributed by atoms with Gasteiger partial charge in [-0.05, 0) is 59.3 Å². The predicted molar refractivity (Wildman–Crippen MR) is 127 cm³/mol. The Hall–Kier alpha value is -3.96. The molecule has 2 amide bonds. The van der Waals surface area contributed by atoms with Crippen LogP contribution >= 0.6 is 23.4 Å². The van der Waals surface area contributed by atoms with Crippen molar-refractivity contribution < 1.29 is 28.4 Å². The smallest absolute Gasteiger partial charge is 0.331 e. The second-order valence-corrected chi connectivity index (χ2v) is 8.50. The van der Waals surface area contributed by atoms with E-state index < -0.39 is 21.9 Å². The molecule has 0 atom stereocenters. The summed E-state index contributed by atoms with van der Waals surface area (Å²) in [6.07, 6.45) is 2.87. The Balaban J connectivity index is 1.56. The van der Waals surface area contributed by atoms with Crippen LogP contribution in [0.25, 0.3) is 6.08 Å². The quantitative estimate of drug-likeness (QED) is 0.220. The Morgan fingerprint density at radius 1 is 1.20 bits per heavy atom. The molecule has 9 nitrogen and oxygen atoms in total. The average Bonchev–Trinajstić information content (AvgIpc) is 3.09. The van der Waals surface area contributed by atoms with E-state index in [1.165, 1.54) is 49.7 Å². The Kier molecular flexibility index (Phi) is 6.99. The first kappa shape index (κ1) is 24.2. The lowest BCUT2D eigenvalue weighted by atomic mass is 10.1. The summed E-state index contributed by atoms with van der Waals surface area (Å²) >= 11 is 6.78. The zero-order valence-electron chi connectivity index (χ0n) is 17.9. The summed E-state index contributed by atoms with van der Waals surface area (Å²) in [7, 11) is 1.39. The molecule has 178 valence electrons.